The highest BCUT2D eigenvalue weighted by atomic mass is 35.5. The predicted molar refractivity (Wildman–Crippen MR) is 109 cm³/mol. The molecule has 27 heavy (non-hydrogen) atoms. The molecule has 2 aromatic carbocycles. The van der Waals surface area contributed by atoms with Crippen LogP contribution in [0, 0.1) is 0 Å². The molecule has 3 aromatic rings. The second-order valence-electron chi connectivity index (χ2n) is 7.02. The third-order valence-electron chi connectivity index (χ3n) is 5.00. The van der Waals surface area contributed by atoms with Gasteiger partial charge in [0.05, 0.1) is 5.52 Å². The lowest BCUT2D eigenvalue weighted by atomic mass is 10.1. The number of benzene rings is 2. The zero-order valence-electron chi connectivity index (χ0n) is 15.1. The van der Waals surface area contributed by atoms with Gasteiger partial charge in [0, 0.05) is 24.0 Å². The SMILES string of the molecule is O=C(NCc1ccc(CN2CCCC2)cc1)c1ccc2nc(Cl)ccc2c1. The molecule has 1 aromatic heterocycles. The number of halogens is 1. The second-order valence-corrected chi connectivity index (χ2v) is 7.41. The quantitative estimate of drug-likeness (QED) is 0.668. The molecule has 0 spiro atoms. The Morgan fingerprint density at radius 1 is 1.00 bits per heavy atom. The first kappa shape index (κ1) is 18.0. The van der Waals surface area contributed by atoms with Crippen LogP contribution < -0.4 is 5.32 Å². The molecule has 1 aliphatic heterocycles. The molecule has 0 saturated carbocycles. The van der Waals surface area contributed by atoms with Gasteiger partial charge in [0.25, 0.3) is 5.91 Å². The minimum atomic E-state index is -0.0898. The van der Waals surface area contributed by atoms with E-state index in [1.807, 2.05) is 18.2 Å². The molecule has 5 heteroatoms. The van der Waals surface area contributed by atoms with E-state index < -0.39 is 0 Å². The summed E-state index contributed by atoms with van der Waals surface area (Å²) in [5.41, 5.74) is 3.83. The van der Waals surface area contributed by atoms with Crippen molar-refractivity contribution in [3.63, 3.8) is 0 Å². The molecule has 0 unspecified atom stereocenters. The largest absolute Gasteiger partial charge is 0.348 e. The van der Waals surface area contributed by atoms with E-state index in [-0.39, 0.29) is 5.91 Å². The fraction of sp³-hybridized carbons (Fsp3) is 0.273. The van der Waals surface area contributed by atoms with Gasteiger partial charge in [0.15, 0.2) is 0 Å². The van der Waals surface area contributed by atoms with Crippen LogP contribution in [0.25, 0.3) is 10.9 Å². The van der Waals surface area contributed by atoms with Crippen LogP contribution in [0.1, 0.15) is 34.3 Å². The van der Waals surface area contributed by atoms with Crippen molar-refractivity contribution in [2.45, 2.75) is 25.9 Å². The Labute approximate surface area is 164 Å². The van der Waals surface area contributed by atoms with Gasteiger partial charge >= 0.3 is 0 Å². The van der Waals surface area contributed by atoms with E-state index in [0.29, 0.717) is 17.3 Å². The van der Waals surface area contributed by atoms with Crippen LogP contribution in [0.3, 0.4) is 0 Å². The predicted octanol–water partition coefficient (Wildman–Crippen LogP) is 4.41. The number of hydrogen-bond donors (Lipinski definition) is 1. The molecular formula is C22H22ClN3O. The van der Waals surface area contributed by atoms with Crippen molar-refractivity contribution >= 4 is 28.4 Å². The topological polar surface area (TPSA) is 45.2 Å². The summed E-state index contributed by atoms with van der Waals surface area (Å²) >= 11 is 5.90. The summed E-state index contributed by atoms with van der Waals surface area (Å²) in [5.74, 6) is -0.0898. The van der Waals surface area contributed by atoms with Crippen molar-refractivity contribution in [2.75, 3.05) is 13.1 Å². The number of carbonyl (C=O) groups excluding carboxylic acids is 1. The Morgan fingerprint density at radius 3 is 2.52 bits per heavy atom. The summed E-state index contributed by atoms with van der Waals surface area (Å²) < 4.78 is 0. The molecule has 1 amide bonds. The molecule has 0 radical (unpaired) electrons. The van der Waals surface area contributed by atoms with Crippen molar-refractivity contribution in [3.8, 4) is 0 Å². The Balaban J connectivity index is 1.36. The van der Waals surface area contributed by atoms with Crippen LogP contribution in [0.2, 0.25) is 5.15 Å². The summed E-state index contributed by atoms with van der Waals surface area (Å²) in [6.45, 7) is 3.93. The zero-order chi connectivity index (χ0) is 18.6. The molecule has 1 saturated heterocycles. The number of nitrogens with one attached hydrogen (secondary N) is 1. The molecular weight excluding hydrogens is 358 g/mol. The van der Waals surface area contributed by atoms with Gasteiger partial charge in [-0.3, -0.25) is 9.69 Å². The standard InChI is InChI=1S/C22H22ClN3O/c23-21-10-8-18-13-19(7-9-20(18)25-21)22(27)24-14-16-3-5-17(6-4-16)15-26-11-1-2-12-26/h3-10,13H,1-2,11-12,14-15H2,(H,24,27). The van der Waals surface area contributed by atoms with Gasteiger partial charge in [0.1, 0.15) is 5.15 Å². The number of carbonyl (C=O) groups is 1. The molecule has 1 N–H and O–H groups in total. The molecule has 0 bridgehead atoms. The lowest BCUT2D eigenvalue weighted by molar-refractivity contribution is 0.0951. The average molecular weight is 380 g/mol. The first-order valence-electron chi connectivity index (χ1n) is 9.32. The van der Waals surface area contributed by atoms with Crippen LogP contribution in [0.5, 0.6) is 0 Å². The number of pyridine rings is 1. The Kier molecular flexibility index (Phi) is 5.37. The van der Waals surface area contributed by atoms with Gasteiger partial charge in [-0.25, -0.2) is 4.98 Å². The van der Waals surface area contributed by atoms with Crippen LogP contribution >= 0.6 is 11.6 Å². The van der Waals surface area contributed by atoms with E-state index in [4.69, 9.17) is 11.6 Å². The molecule has 2 heterocycles. The molecule has 1 aliphatic rings. The summed E-state index contributed by atoms with van der Waals surface area (Å²) in [7, 11) is 0. The minimum absolute atomic E-state index is 0.0898. The summed E-state index contributed by atoms with van der Waals surface area (Å²) in [6, 6.07) is 17.6. The zero-order valence-corrected chi connectivity index (χ0v) is 15.9. The molecule has 1 fully saturated rings. The fourth-order valence-electron chi connectivity index (χ4n) is 3.49. The number of nitrogens with zero attached hydrogens (tertiary/aromatic N) is 2. The third-order valence-corrected chi connectivity index (χ3v) is 5.21. The Hall–Kier alpha value is -2.43. The average Bonchev–Trinajstić information content (AvgIpc) is 3.20. The highest BCUT2D eigenvalue weighted by molar-refractivity contribution is 6.29. The Bertz CT molecular complexity index is 949. The number of likely N-dealkylation sites (tertiary alicyclic amines) is 1. The summed E-state index contributed by atoms with van der Waals surface area (Å²) in [6.07, 6.45) is 2.62. The molecule has 0 aliphatic carbocycles. The van der Waals surface area contributed by atoms with Gasteiger partial charge in [-0.2, -0.15) is 0 Å². The maximum absolute atomic E-state index is 12.5. The van der Waals surface area contributed by atoms with Crippen molar-refractivity contribution in [3.05, 3.63) is 76.4 Å². The van der Waals surface area contributed by atoms with Gasteiger partial charge in [-0.05, 0) is 67.4 Å². The van der Waals surface area contributed by atoms with Crippen molar-refractivity contribution < 1.29 is 4.79 Å². The maximum Gasteiger partial charge on any atom is 0.251 e. The number of hydrogen-bond acceptors (Lipinski definition) is 3. The highest BCUT2D eigenvalue weighted by Gasteiger charge is 2.11. The molecule has 0 atom stereocenters. The van der Waals surface area contributed by atoms with Gasteiger partial charge < -0.3 is 5.32 Å². The van der Waals surface area contributed by atoms with Crippen molar-refractivity contribution in [2.24, 2.45) is 0 Å². The van der Waals surface area contributed by atoms with E-state index in [1.54, 1.807) is 12.1 Å². The fourth-order valence-corrected chi connectivity index (χ4v) is 3.64. The van der Waals surface area contributed by atoms with Gasteiger partial charge in [0.2, 0.25) is 0 Å². The van der Waals surface area contributed by atoms with Crippen LogP contribution in [-0.2, 0) is 13.1 Å². The lowest BCUT2D eigenvalue weighted by Gasteiger charge is -2.14. The monoisotopic (exact) mass is 379 g/mol. The van der Waals surface area contributed by atoms with Gasteiger partial charge in [-0.15, -0.1) is 0 Å². The number of fused-ring (bicyclic) bond motifs is 1. The molecule has 4 nitrogen and oxygen atoms in total. The number of rotatable bonds is 5. The highest BCUT2D eigenvalue weighted by Crippen LogP contribution is 2.17. The number of aromatic nitrogens is 1. The second kappa shape index (κ2) is 8.07. The van der Waals surface area contributed by atoms with E-state index in [9.17, 15) is 4.79 Å². The molecule has 4 rings (SSSR count). The normalized spacial score (nSPS) is 14.6. The Morgan fingerprint density at radius 2 is 1.74 bits per heavy atom. The number of amides is 1. The first-order chi connectivity index (χ1) is 13.2. The van der Waals surface area contributed by atoms with Gasteiger partial charge in [-0.1, -0.05) is 35.9 Å². The van der Waals surface area contributed by atoms with E-state index in [1.165, 1.54) is 31.5 Å². The minimum Gasteiger partial charge on any atom is -0.348 e. The smallest absolute Gasteiger partial charge is 0.251 e. The van der Waals surface area contributed by atoms with E-state index >= 15 is 0 Å². The molecule has 138 valence electrons. The summed E-state index contributed by atoms with van der Waals surface area (Å²) in [5, 5.41) is 4.34. The maximum atomic E-state index is 12.5. The van der Waals surface area contributed by atoms with Crippen LogP contribution in [0.4, 0.5) is 0 Å². The lowest BCUT2D eigenvalue weighted by Crippen LogP contribution is -2.22. The third kappa shape index (κ3) is 4.46. The first-order valence-corrected chi connectivity index (χ1v) is 9.70. The van der Waals surface area contributed by atoms with Crippen LogP contribution in [0.15, 0.2) is 54.6 Å². The van der Waals surface area contributed by atoms with E-state index in [0.717, 1.165) is 23.0 Å². The summed E-state index contributed by atoms with van der Waals surface area (Å²) in [4.78, 5) is 19.2. The van der Waals surface area contributed by atoms with Crippen LogP contribution in [-0.4, -0.2) is 28.9 Å². The van der Waals surface area contributed by atoms with E-state index in [2.05, 4.69) is 39.5 Å². The van der Waals surface area contributed by atoms with Crippen molar-refractivity contribution in [1.29, 1.82) is 0 Å². The van der Waals surface area contributed by atoms with Crippen molar-refractivity contribution in [1.82, 2.24) is 15.2 Å².